The van der Waals surface area contributed by atoms with Crippen LogP contribution in [0.4, 0.5) is 15.8 Å². The van der Waals surface area contributed by atoms with E-state index in [1.165, 1.54) is 13.2 Å². The van der Waals surface area contributed by atoms with E-state index in [0.29, 0.717) is 18.8 Å². The Balaban J connectivity index is 2.39. The Morgan fingerprint density at radius 2 is 2.11 bits per heavy atom. The zero-order valence-corrected chi connectivity index (χ0v) is 9.98. The highest BCUT2D eigenvalue weighted by Crippen LogP contribution is 2.34. The maximum Gasteiger partial charge on any atom is 0.313 e. The molecule has 1 N–H and O–H groups in total. The molecule has 0 saturated carbocycles. The summed E-state index contributed by atoms with van der Waals surface area (Å²) in [7, 11) is 1.34. The molecule has 1 aliphatic rings. The number of nitrogens with one attached hydrogen (secondary N) is 1. The fourth-order valence-corrected chi connectivity index (χ4v) is 1.99. The van der Waals surface area contributed by atoms with Gasteiger partial charge in [0.05, 0.1) is 23.8 Å². The first-order valence-electron chi connectivity index (χ1n) is 5.61. The largest absolute Gasteiger partial charge is 0.490 e. The molecule has 0 unspecified atom stereocenters. The fraction of sp³-hybridized carbons (Fsp3) is 0.455. The van der Waals surface area contributed by atoms with Crippen LogP contribution in [0.25, 0.3) is 0 Å². The topological polar surface area (TPSA) is 67.6 Å². The molecule has 0 amide bonds. The molecule has 0 bridgehead atoms. The van der Waals surface area contributed by atoms with Crippen molar-refractivity contribution < 1.29 is 14.1 Å². The third kappa shape index (κ3) is 2.35. The van der Waals surface area contributed by atoms with Gasteiger partial charge in [0.2, 0.25) is 0 Å². The van der Waals surface area contributed by atoms with Crippen molar-refractivity contribution in [3.8, 4) is 5.75 Å². The van der Waals surface area contributed by atoms with E-state index in [-0.39, 0.29) is 11.4 Å². The van der Waals surface area contributed by atoms with Crippen LogP contribution in [0.2, 0.25) is 0 Å². The molecule has 98 valence electrons. The molecule has 18 heavy (non-hydrogen) atoms. The zero-order valence-electron chi connectivity index (χ0n) is 9.98. The molecule has 7 heteroatoms. The number of anilines is 1. The van der Waals surface area contributed by atoms with Gasteiger partial charge in [-0.1, -0.05) is 0 Å². The summed E-state index contributed by atoms with van der Waals surface area (Å²) in [6.45, 7) is 2.85. The minimum atomic E-state index is -0.649. The number of piperazine rings is 1. The number of methoxy groups -OCH3 is 1. The second-order valence-electron chi connectivity index (χ2n) is 3.97. The number of benzene rings is 1. The van der Waals surface area contributed by atoms with Gasteiger partial charge in [-0.3, -0.25) is 10.1 Å². The summed E-state index contributed by atoms with van der Waals surface area (Å²) < 4.78 is 18.8. The lowest BCUT2D eigenvalue weighted by Crippen LogP contribution is -2.43. The van der Waals surface area contributed by atoms with E-state index in [4.69, 9.17) is 4.74 Å². The van der Waals surface area contributed by atoms with E-state index in [1.807, 2.05) is 4.90 Å². The van der Waals surface area contributed by atoms with Gasteiger partial charge in [0.15, 0.2) is 11.6 Å². The van der Waals surface area contributed by atoms with Crippen LogP contribution in [0.1, 0.15) is 0 Å². The summed E-state index contributed by atoms with van der Waals surface area (Å²) in [5.74, 6) is -0.515. The predicted molar refractivity (Wildman–Crippen MR) is 64.7 cm³/mol. The van der Waals surface area contributed by atoms with Crippen molar-refractivity contribution in [1.29, 1.82) is 0 Å². The standard InChI is InChI=1S/C11H14FN3O3/c1-18-11-7-9(14-4-2-13-3-5-14)8(12)6-10(11)15(16)17/h6-7,13H,2-5H2,1H3. The lowest BCUT2D eigenvalue weighted by atomic mass is 10.2. The first kappa shape index (κ1) is 12.6. The van der Waals surface area contributed by atoms with Crippen LogP contribution >= 0.6 is 0 Å². The normalized spacial score (nSPS) is 15.6. The molecule has 0 aromatic heterocycles. The van der Waals surface area contributed by atoms with Crippen LogP contribution in [0, 0.1) is 15.9 Å². The van der Waals surface area contributed by atoms with E-state index in [0.717, 1.165) is 19.2 Å². The minimum Gasteiger partial charge on any atom is -0.490 e. The Morgan fingerprint density at radius 3 is 2.67 bits per heavy atom. The van der Waals surface area contributed by atoms with Gasteiger partial charge >= 0.3 is 5.69 Å². The van der Waals surface area contributed by atoms with Crippen molar-refractivity contribution >= 4 is 11.4 Å². The number of halogens is 1. The summed E-state index contributed by atoms with van der Waals surface area (Å²) >= 11 is 0. The van der Waals surface area contributed by atoms with E-state index in [9.17, 15) is 14.5 Å². The lowest BCUT2D eigenvalue weighted by molar-refractivity contribution is -0.385. The monoisotopic (exact) mass is 255 g/mol. The van der Waals surface area contributed by atoms with Crippen molar-refractivity contribution in [2.75, 3.05) is 38.2 Å². The number of rotatable bonds is 3. The van der Waals surface area contributed by atoms with Gasteiger partial charge in [-0.15, -0.1) is 0 Å². The highest BCUT2D eigenvalue weighted by Gasteiger charge is 2.22. The average Bonchev–Trinajstić information content (AvgIpc) is 2.39. The zero-order chi connectivity index (χ0) is 13.1. The highest BCUT2D eigenvalue weighted by atomic mass is 19.1. The van der Waals surface area contributed by atoms with Crippen molar-refractivity contribution in [2.24, 2.45) is 0 Å². The van der Waals surface area contributed by atoms with Crippen molar-refractivity contribution in [1.82, 2.24) is 5.32 Å². The van der Waals surface area contributed by atoms with E-state index in [1.54, 1.807) is 0 Å². The molecule has 0 spiro atoms. The smallest absolute Gasteiger partial charge is 0.313 e. The quantitative estimate of drug-likeness (QED) is 0.648. The highest BCUT2D eigenvalue weighted by molar-refractivity contribution is 5.60. The molecule has 0 atom stereocenters. The van der Waals surface area contributed by atoms with Gasteiger partial charge in [0.25, 0.3) is 0 Å². The van der Waals surface area contributed by atoms with Gasteiger partial charge in [-0.2, -0.15) is 0 Å². The third-order valence-corrected chi connectivity index (χ3v) is 2.90. The van der Waals surface area contributed by atoms with Gasteiger partial charge in [0, 0.05) is 32.2 Å². The van der Waals surface area contributed by atoms with E-state index >= 15 is 0 Å². The predicted octanol–water partition coefficient (Wildman–Crippen LogP) is 1.15. The van der Waals surface area contributed by atoms with Crippen molar-refractivity contribution in [3.05, 3.63) is 28.1 Å². The lowest BCUT2D eigenvalue weighted by Gasteiger charge is -2.29. The average molecular weight is 255 g/mol. The molecular weight excluding hydrogens is 241 g/mol. The minimum absolute atomic E-state index is 0.0786. The van der Waals surface area contributed by atoms with Crippen LogP contribution in [0.3, 0.4) is 0 Å². The number of hydrogen-bond acceptors (Lipinski definition) is 5. The van der Waals surface area contributed by atoms with Gasteiger partial charge in [-0.25, -0.2) is 4.39 Å². The van der Waals surface area contributed by atoms with Crippen molar-refractivity contribution in [3.63, 3.8) is 0 Å². The second kappa shape index (κ2) is 5.18. The van der Waals surface area contributed by atoms with Gasteiger partial charge < -0.3 is 15.0 Å². The first-order valence-corrected chi connectivity index (χ1v) is 5.61. The molecule has 1 fully saturated rings. The maximum absolute atomic E-state index is 13.9. The Kier molecular flexibility index (Phi) is 3.61. The van der Waals surface area contributed by atoms with E-state index in [2.05, 4.69) is 5.32 Å². The Labute approximate surface area is 103 Å². The van der Waals surface area contributed by atoms with Gasteiger partial charge in [0.1, 0.15) is 0 Å². The third-order valence-electron chi connectivity index (χ3n) is 2.90. The Hall–Kier alpha value is -1.89. The van der Waals surface area contributed by atoms with Crippen LogP contribution in [-0.2, 0) is 0 Å². The molecule has 6 nitrogen and oxygen atoms in total. The SMILES string of the molecule is COc1cc(N2CCNCC2)c(F)cc1[N+](=O)[O-]. The molecule has 1 heterocycles. The van der Waals surface area contributed by atoms with Crippen LogP contribution in [0.5, 0.6) is 5.75 Å². The van der Waals surface area contributed by atoms with Gasteiger partial charge in [-0.05, 0) is 0 Å². The number of hydrogen-bond donors (Lipinski definition) is 1. The van der Waals surface area contributed by atoms with Crippen LogP contribution in [-0.4, -0.2) is 38.2 Å². The molecular formula is C11H14FN3O3. The first-order chi connectivity index (χ1) is 8.63. The maximum atomic E-state index is 13.9. The fourth-order valence-electron chi connectivity index (χ4n) is 1.99. The van der Waals surface area contributed by atoms with Crippen molar-refractivity contribution in [2.45, 2.75) is 0 Å². The summed E-state index contributed by atoms with van der Waals surface area (Å²) in [4.78, 5) is 12.0. The van der Waals surface area contributed by atoms with E-state index < -0.39 is 10.7 Å². The molecule has 1 saturated heterocycles. The summed E-state index contributed by atoms with van der Waals surface area (Å²) in [5.41, 5.74) is -0.00663. The Bertz CT molecular complexity index is 461. The molecule has 1 aliphatic heterocycles. The van der Waals surface area contributed by atoms with Crippen LogP contribution in [0.15, 0.2) is 12.1 Å². The second-order valence-corrected chi connectivity index (χ2v) is 3.97. The number of nitrogens with zero attached hydrogens (tertiary/aromatic N) is 2. The molecule has 1 aromatic rings. The summed E-state index contributed by atoms with van der Waals surface area (Å²) in [5, 5.41) is 13.9. The molecule has 0 aliphatic carbocycles. The molecule has 2 rings (SSSR count). The number of ether oxygens (including phenoxy) is 1. The summed E-state index contributed by atoms with van der Waals surface area (Å²) in [6.07, 6.45) is 0. The molecule has 0 radical (unpaired) electrons. The molecule has 1 aromatic carbocycles. The summed E-state index contributed by atoms with van der Waals surface area (Å²) in [6, 6.07) is 2.30. The Morgan fingerprint density at radius 1 is 1.44 bits per heavy atom. The number of nitro groups is 1. The number of nitro benzene ring substituents is 1. The van der Waals surface area contributed by atoms with Crippen LogP contribution < -0.4 is 15.0 Å².